The van der Waals surface area contributed by atoms with E-state index in [1.165, 1.54) is 0 Å². The fraction of sp³-hybridized carbons (Fsp3) is 0.412. The Morgan fingerprint density at radius 3 is 1.98 bits per heavy atom. The number of Topliss-reactive ketones (excluding diaryl/α,β-unsaturated/α-hetero) is 2. The van der Waals surface area contributed by atoms with E-state index in [0.717, 1.165) is 12.8 Å². The lowest BCUT2D eigenvalue weighted by atomic mass is 9.48. The van der Waals surface area contributed by atoms with Crippen molar-refractivity contribution in [2.24, 2.45) is 22.7 Å². The van der Waals surface area contributed by atoms with Crippen molar-refractivity contribution in [1.29, 1.82) is 0 Å². The summed E-state index contributed by atoms with van der Waals surface area (Å²) in [6.07, 6.45) is 2.00. The maximum absolute atomic E-state index is 14.4. The maximum atomic E-state index is 14.4. The summed E-state index contributed by atoms with van der Waals surface area (Å²) in [4.78, 5) is 54.8. The molecule has 0 N–H and O–H groups in total. The molecule has 0 spiro atoms. The van der Waals surface area contributed by atoms with E-state index >= 15 is 0 Å². The van der Waals surface area contributed by atoms with Crippen LogP contribution in [-0.2, 0) is 19.1 Å². The van der Waals surface area contributed by atoms with Crippen LogP contribution in [-0.4, -0.2) is 29.6 Å². The summed E-state index contributed by atoms with van der Waals surface area (Å²) in [6, 6.07) is 17.3. The Bertz CT molecular complexity index is 1430. The molecule has 5 rings (SSSR count). The minimum absolute atomic E-state index is 0.151. The minimum Gasteiger partial charge on any atom is -0.458 e. The maximum Gasteiger partial charge on any atom is 0.343 e. The van der Waals surface area contributed by atoms with Crippen LogP contribution < -0.4 is 0 Å². The van der Waals surface area contributed by atoms with Crippen molar-refractivity contribution < 1.29 is 28.7 Å². The van der Waals surface area contributed by atoms with Crippen LogP contribution >= 0.6 is 0 Å². The van der Waals surface area contributed by atoms with Crippen LogP contribution in [0.3, 0.4) is 0 Å². The van der Waals surface area contributed by atoms with E-state index in [1.54, 1.807) is 54.6 Å². The largest absolute Gasteiger partial charge is 0.458 e. The summed E-state index contributed by atoms with van der Waals surface area (Å²) >= 11 is 0. The first-order chi connectivity index (χ1) is 19.0. The Morgan fingerprint density at radius 2 is 1.40 bits per heavy atom. The van der Waals surface area contributed by atoms with Crippen LogP contribution in [0.4, 0.5) is 0 Å². The predicted octanol–water partition coefficient (Wildman–Crippen LogP) is 6.66. The number of carbonyl (C=O) groups excluding carboxylic acids is 4. The highest BCUT2D eigenvalue weighted by Crippen LogP contribution is 2.61. The van der Waals surface area contributed by atoms with Gasteiger partial charge >= 0.3 is 11.9 Å². The second kappa shape index (κ2) is 10.3. The van der Waals surface area contributed by atoms with Gasteiger partial charge in [-0.3, -0.25) is 9.59 Å². The number of carbonyl (C=O) groups is 4. The molecule has 0 heterocycles. The number of esters is 2. The zero-order valence-corrected chi connectivity index (χ0v) is 23.8. The number of ketones is 2. The average molecular weight is 541 g/mol. The summed E-state index contributed by atoms with van der Waals surface area (Å²) in [5.41, 5.74) is 0.742. The lowest BCUT2D eigenvalue weighted by Gasteiger charge is -2.57. The van der Waals surface area contributed by atoms with E-state index in [-0.39, 0.29) is 40.8 Å². The molecule has 1 fully saturated rings. The third-order valence-electron chi connectivity index (χ3n) is 8.94. The van der Waals surface area contributed by atoms with E-state index in [2.05, 4.69) is 13.8 Å². The van der Waals surface area contributed by atoms with E-state index in [1.807, 2.05) is 26.8 Å². The van der Waals surface area contributed by atoms with Gasteiger partial charge in [-0.1, -0.05) is 77.4 Å². The van der Waals surface area contributed by atoms with Crippen molar-refractivity contribution in [3.63, 3.8) is 0 Å². The van der Waals surface area contributed by atoms with Gasteiger partial charge in [-0.2, -0.15) is 0 Å². The quantitative estimate of drug-likeness (QED) is 0.311. The summed E-state index contributed by atoms with van der Waals surface area (Å²) in [6.45, 7) is 9.92. The molecule has 2 aromatic carbocycles. The standard InChI is InChI=1S/C34H36O6/c1-20(2)25-27(35)23-19-24(39-31(37)21-13-8-6-9-14-21)30-33(3,4)17-12-18-34(30,5)26(23)28(36)29(25)40-32(38)22-15-10-7-11-16-22/h6-11,13-16,20,24,30H,12,17-19H2,1-5H3/t24-,30?,34-/m1/s1. The number of ether oxygens (including phenoxy) is 2. The van der Waals surface area contributed by atoms with Crippen molar-refractivity contribution in [3.8, 4) is 0 Å². The second-order valence-corrected chi connectivity index (χ2v) is 12.4. The SMILES string of the molecule is CC(C)C1=C(OC(=O)c2ccccc2)C(=O)C2=C(C[C@@H](OC(=O)c3ccccc3)C3C(C)(C)CCC[C@]23C)C1=O. The number of hydrogen-bond acceptors (Lipinski definition) is 6. The average Bonchev–Trinajstić information content (AvgIpc) is 2.91. The molecule has 1 saturated carbocycles. The van der Waals surface area contributed by atoms with Gasteiger partial charge in [0.05, 0.1) is 11.1 Å². The predicted molar refractivity (Wildman–Crippen MR) is 150 cm³/mol. The molecular formula is C34H36O6. The Labute approximate surface area is 235 Å². The van der Waals surface area contributed by atoms with Gasteiger partial charge in [0, 0.05) is 34.5 Å². The molecule has 0 amide bonds. The van der Waals surface area contributed by atoms with Crippen LogP contribution in [0.2, 0.25) is 0 Å². The van der Waals surface area contributed by atoms with Gasteiger partial charge in [0.1, 0.15) is 6.10 Å². The molecule has 0 saturated heterocycles. The molecule has 208 valence electrons. The van der Waals surface area contributed by atoms with Crippen molar-refractivity contribution in [3.05, 3.63) is 94.3 Å². The number of allylic oxidation sites excluding steroid dienone is 2. The monoisotopic (exact) mass is 540 g/mol. The molecule has 2 aromatic rings. The van der Waals surface area contributed by atoms with Gasteiger partial charge in [0.2, 0.25) is 5.78 Å². The summed E-state index contributed by atoms with van der Waals surface area (Å²) in [5.74, 6) is -2.55. The normalized spacial score (nSPS) is 25.9. The van der Waals surface area contributed by atoms with Crippen LogP contribution in [0, 0.1) is 22.7 Å². The smallest absolute Gasteiger partial charge is 0.343 e. The Morgan fingerprint density at radius 1 is 0.825 bits per heavy atom. The van der Waals surface area contributed by atoms with Gasteiger partial charge < -0.3 is 9.47 Å². The molecule has 3 aliphatic rings. The third-order valence-corrected chi connectivity index (χ3v) is 8.94. The third kappa shape index (κ3) is 4.63. The Balaban J connectivity index is 1.59. The van der Waals surface area contributed by atoms with Gasteiger partial charge in [-0.05, 0) is 48.4 Å². The number of fused-ring (bicyclic) bond motifs is 2. The fourth-order valence-corrected chi connectivity index (χ4v) is 7.39. The van der Waals surface area contributed by atoms with E-state index < -0.39 is 29.2 Å². The number of rotatable bonds is 5. The molecule has 0 aliphatic heterocycles. The van der Waals surface area contributed by atoms with Crippen LogP contribution in [0.15, 0.2) is 83.1 Å². The van der Waals surface area contributed by atoms with E-state index in [0.29, 0.717) is 28.7 Å². The molecule has 1 unspecified atom stereocenters. The molecule has 6 nitrogen and oxygen atoms in total. The fourth-order valence-electron chi connectivity index (χ4n) is 7.39. The van der Waals surface area contributed by atoms with Crippen molar-refractivity contribution in [2.75, 3.05) is 0 Å². The molecule has 40 heavy (non-hydrogen) atoms. The minimum atomic E-state index is -0.739. The Hall–Kier alpha value is -3.80. The van der Waals surface area contributed by atoms with Gasteiger partial charge in [-0.15, -0.1) is 0 Å². The van der Waals surface area contributed by atoms with Crippen molar-refractivity contribution in [2.45, 2.75) is 66.4 Å². The highest BCUT2D eigenvalue weighted by molar-refractivity contribution is 6.26. The topological polar surface area (TPSA) is 86.7 Å². The molecule has 6 heteroatoms. The molecule has 3 aliphatic carbocycles. The summed E-state index contributed by atoms with van der Waals surface area (Å²) in [5, 5.41) is 0. The first-order valence-electron chi connectivity index (χ1n) is 14.1. The lowest BCUT2D eigenvalue weighted by Crippen LogP contribution is -2.56. The van der Waals surface area contributed by atoms with Crippen molar-refractivity contribution >= 4 is 23.5 Å². The zero-order valence-electron chi connectivity index (χ0n) is 23.8. The number of hydrogen-bond donors (Lipinski definition) is 0. The van der Waals surface area contributed by atoms with Crippen LogP contribution in [0.1, 0.15) is 81.0 Å². The molecule has 0 aromatic heterocycles. The van der Waals surface area contributed by atoms with Crippen molar-refractivity contribution in [1.82, 2.24) is 0 Å². The highest BCUT2D eigenvalue weighted by Gasteiger charge is 2.60. The van der Waals surface area contributed by atoms with Crippen LogP contribution in [0.5, 0.6) is 0 Å². The molecular weight excluding hydrogens is 504 g/mol. The van der Waals surface area contributed by atoms with Gasteiger partial charge in [-0.25, -0.2) is 9.59 Å². The Kier molecular flexibility index (Phi) is 7.15. The second-order valence-electron chi connectivity index (χ2n) is 12.4. The van der Waals surface area contributed by atoms with E-state index in [4.69, 9.17) is 9.47 Å². The van der Waals surface area contributed by atoms with Gasteiger partial charge in [0.25, 0.3) is 0 Å². The zero-order chi connectivity index (χ0) is 28.8. The lowest BCUT2D eigenvalue weighted by molar-refractivity contribution is -0.127. The molecule has 0 radical (unpaired) electrons. The molecule has 3 atom stereocenters. The highest BCUT2D eigenvalue weighted by atomic mass is 16.5. The summed E-state index contributed by atoms with van der Waals surface area (Å²) < 4.78 is 11.9. The first kappa shape index (κ1) is 27.8. The van der Waals surface area contributed by atoms with Gasteiger partial charge in [0.15, 0.2) is 11.5 Å². The number of benzene rings is 2. The van der Waals surface area contributed by atoms with E-state index in [9.17, 15) is 19.2 Å². The molecule has 0 bridgehead atoms. The summed E-state index contributed by atoms with van der Waals surface area (Å²) in [7, 11) is 0. The van der Waals surface area contributed by atoms with Crippen LogP contribution in [0.25, 0.3) is 0 Å². The first-order valence-corrected chi connectivity index (χ1v) is 14.1.